The summed E-state index contributed by atoms with van der Waals surface area (Å²) >= 11 is 0. The van der Waals surface area contributed by atoms with Crippen LogP contribution in [0.3, 0.4) is 0 Å². The lowest BCUT2D eigenvalue weighted by Gasteiger charge is -2.36. The van der Waals surface area contributed by atoms with E-state index in [9.17, 15) is 4.79 Å². The van der Waals surface area contributed by atoms with Crippen LogP contribution in [0, 0.1) is 6.92 Å². The topological polar surface area (TPSA) is 35.6 Å². The minimum atomic E-state index is -0.0119. The number of carbonyl (C=O) groups is 1. The van der Waals surface area contributed by atoms with Gasteiger partial charge in [-0.3, -0.25) is 9.69 Å². The molecule has 1 N–H and O–H groups in total. The minimum Gasteiger partial charge on any atom is -0.369 e. The van der Waals surface area contributed by atoms with Crippen molar-refractivity contribution < 1.29 is 4.79 Å². The number of nitrogens with zero attached hydrogens (tertiary/aromatic N) is 2. The van der Waals surface area contributed by atoms with Crippen molar-refractivity contribution >= 4 is 22.4 Å². The number of hydrogen-bond donors (Lipinski definition) is 1. The first-order chi connectivity index (χ1) is 14.1. The zero-order chi connectivity index (χ0) is 20.2. The Hall–Kier alpha value is -2.85. The van der Waals surface area contributed by atoms with E-state index in [1.165, 1.54) is 27.6 Å². The van der Waals surface area contributed by atoms with E-state index in [1.807, 2.05) is 12.1 Å². The standard InChI is InChI=1S/C25H29N3O/c1-19-7-5-10-22(17-19)28-15-13-27(14-16-28)18-25(29)26-20(2)23-12-6-9-21-8-3-4-11-24(21)23/h3-12,17,20H,13-16,18H2,1-2H3,(H,26,29). The fourth-order valence-corrected chi connectivity index (χ4v) is 4.18. The fraction of sp³-hybridized carbons (Fsp3) is 0.320. The molecule has 0 radical (unpaired) electrons. The van der Waals surface area contributed by atoms with E-state index in [0.717, 1.165) is 26.2 Å². The fourth-order valence-electron chi connectivity index (χ4n) is 4.18. The highest BCUT2D eigenvalue weighted by Gasteiger charge is 2.20. The second-order valence-electron chi connectivity index (χ2n) is 7.96. The van der Waals surface area contributed by atoms with Crippen LogP contribution in [0.2, 0.25) is 0 Å². The second-order valence-corrected chi connectivity index (χ2v) is 7.96. The van der Waals surface area contributed by atoms with Crippen LogP contribution in [0.25, 0.3) is 10.8 Å². The van der Waals surface area contributed by atoms with Crippen LogP contribution in [0.15, 0.2) is 66.7 Å². The molecule has 1 aliphatic rings. The lowest BCUT2D eigenvalue weighted by atomic mass is 10.00. The minimum absolute atomic E-state index is 0.0119. The van der Waals surface area contributed by atoms with Crippen molar-refractivity contribution in [3.05, 3.63) is 77.9 Å². The largest absolute Gasteiger partial charge is 0.369 e. The molecule has 4 heteroatoms. The molecule has 0 spiro atoms. The summed E-state index contributed by atoms with van der Waals surface area (Å²) in [6, 6.07) is 23.2. The molecular weight excluding hydrogens is 358 g/mol. The van der Waals surface area contributed by atoms with E-state index in [-0.39, 0.29) is 11.9 Å². The van der Waals surface area contributed by atoms with Gasteiger partial charge in [-0.1, -0.05) is 54.6 Å². The molecule has 0 aliphatic carbocycles. The summed E-state index contributed by atoms with van der Waals surface area (Å²) in [6.45, 7) is 8.37. The SMILES string of the molecule is Cc1cccc(N2CCN(CC(=O)NC(C)c3cccc4ccccc34)CC2)c1. The number of rotatable bonds is 5. The maximum absolute atomic E-state index is 12.7. The molecule has 1 aliphatic heterocycles. The molecule has 3 aromatic carbocycles. The molecule has 29 heavy (non-hydrogen) atoms. The Morgan fingerprint density at radius 2 is 1.69 bits per heavy atom. The molecule has 1 fully saturated rings. The Kier molecular flexibility index (Phi) is 5.81. The van der Waals surface area contributed by atoms with Crippen LogP contribution >= 0.6 is 0 Å². The van der Waals surface area contributed by atoms with Crippen molar-refractivity contribution in [1.82, 2.24) is 10.2 Å². The Balaban J connectivity index is 1.32. The van der Waals surface area contributed by atoms with Gasteiger partial charge < -0.3 is 10.2 Å². The van der Waals surface area contributed by atoms with Gasteiger partial charge in [0.15, 0.2) is 0 Å². The predicted molar refractivity (Wildman–Crippen MR) is 120 cm³/mol. The molecule has 4 nitrogen and oxygen atoms in total. The Morgan fingerprint density at radius 3 is 2.48 bits per heavy atom. The summed E-state index contributed by atoms with van der Waals surface area (Å²) in [5, 5.41) is 5.60. The quantitative estimate of drug-likeness (QED) is 0.714. The van der Waals surface area contributed by atoms with Crippen molar-refractivity contribution in [3.63, 3.8) is 0 Å². The molecular formula is C25H29N3O. The molecule has 0 bridgehead atoms. The average Bonchev–Trinajstić information content (AvgIpc) is 2.73. The van der Waals surface area contributed by atoms with Gasteiger partial charge in [0.2, 0.25) is 5.91 Å². The molecule has 1 saturated heterocycles. The number of aryl methyl sites for hydroxylation is 1. The third-order valence-corrected chi connectivity index (χ3v) is 5.77. The molecule has 0 saturated carbocycles. The van der Waals surface area contributed by atoms with Gasteiger partial charge in [0, 0.05) is 31.9 Å². The van der Waals surface area contributed by atoms with Gasteiger partial charge in [0.1, 0.15) is 0 Å². The summed E-state index contributed by atoms with van der Waals surface area (Å²) in [5.41, 5.74) is 3.73. The summed E-state index contributed by atoms with van der Waals surface area (Å²) < 4.78 is 0. The molecule has 0 aromatic heterocycles. The van der Waals surface area contributed by atoms with Gasteiger partial charge in [-0.2, -0.15) is 0 Å². The van der Waals surface area contributed by atoms with E-state index in [2.05, 4.69) is 83.6 Å². The number of piperazine rings is 1. The maximum Gasteiger partial charge on any atom is 0.234 e. The van der Waals surface area contributed by atoms with Crippen LogP contribution < -0.4 is 10.2 Å². The molecule has 1 amide bonds. The number of nitrogens with one attached hydrogen (secondary N) is 1. The van der Waals surface area contributed by atoms with Gasteiger partial charge >= 0.3 is 0 Å². The molecule has 1 atom stereocenters. The van der Waals surface area contributed by atoms with Crippen molar-refractivity contribution in [3.8, 4) is 0 Å². The molecule has 150 valence electrons. The number of anilines is 1. The Morgan fingerprint density at radius 1 is 0.966 bits per heavy atom. The van der Waals surface area contributed by atoms with Crippen LogP contribution in [0.5, 0.6) is 0 Å². The molecule has 3 aromatic rings. The van der Waals surface area contributed by atoms with Crippen LogP contribution in [0.1, 0.15) is 24.1 Å². The normalized spacial score (nSPS) is 16.0. The van der Waals surface area contributed by atoms with Crippen molar-refractivity contribution in [2.75, 3.05) is 37.6 Å². The van der Waals surface area contributed by atoms with E-state index in [0.29, 0.717) is 6.54 Å². The second kappa shape index (κ2) is 8.66. The first kappa shape index (κ1) is 19.5. The van der Waals surface area contributed by atoms with Gasteiger partial charge in [0.25, 0.3) is 0 Å². The summed E-state index contributed by atoms with van der Waals surface area (Å²) in [5.74, 6) is 0.0921. The average molecular weight is 388 g/mol. The number of carbonyl (C=O) groups excluding carboxylic acids is 1. The van der Waals surface area contributed by atoms with Crippen LogP contribution in [0.4, 0.5) is 5.69 Å². The highest BCUT2D eigenvalue weighted by molar-refractivity contribution is 5.87. The maximum atomic E-state index is 12.7. The Labute approximate surface area is 173 Å². The molecule has 4 rings (SSSR count). The van der Waals surface area contributed by atoms with Crippen molar-refractivity contribution in [2.45, 2.75) is 19.9 Å². The summed E-state index contributed by atoms with van der Waals surface area (Å²) in [7, 11) is 0. The first-order valence-corrected chi connectivity index (χ1v) is 10.4. The smallest absolute Gasteiger partial charge is 0.234 e. The van der Waals surface area contributed by atoms with Crippen LogP contribution in [-0.2, 0) is 4.79 Å². The lowest BCUT2D eigenvalue weighted by molar-refractivity contribution is -0.123. The van der Waals surface area contributed by atoms with Crippen molar-refractivity contribution in [2.24, 2.45) is 0 Å². The van der Waals surface area contributed by atoms with Gasteiger partial charge in [0.05, 0.1) is 12.6 Å². The molecule has 1 heterocycles. The van der Waals surface area contributed by atoms with Gasteiger partial charge in [-0.05, 0) is 47.9 Å². The van der Waals surface area contributed by atoms with E-state index in [1.54, 1.807) is 0 Å². The van der Waals surface area contributed by atoms with Crippen LogP contribution in [-0.4, -0.2) is 43.5 Å². The molecule has 1 unspecified atom stereocenters. The number of fused-ring (bicyclic) bond motifs is 1. The van der Waals surface area contributed by atoms with E-state index >= 15 is 0 Å². The number of hydrogen-bond acceptors (Lipinski definition) is 3. The van der Waals surface area contributed by atoms with Crippen molar-refractivity contribution in [1.29, 1.82) is 0 Å². The zero-order valence-corrected chi connectivity index (χ0v) is 17.3. The predicted octanol–water partition coefficient (Wildman–Crippen LogP) is 4.15. The number of amides is 1. The highest BCUT2D eigenvalue weighted by atomic mass is 16.2. The van der Waals surface area contributed by atoms with Gasteiger partial charge in [-0.25, -0.2) is 0 Å². The van der Waals surface area contributed by atoms with Gasteiger partial charge in [-0.15, -0.1) is 0 Å². The van der Waals surface area contributed by atoms with E-state index < -0.39 is 0 Å². The summed E-state index contributed by atoms with van der Waals surface area (Å²) in [6.07, 6.45) is 0. The Bertz CT molecular complexity index is 987. The monoisotopic (exact) mass is 387 g/mol. The third-order valence-electron chi connectivity index (χ3n) is 5.77. The summed E-state index contributed by atoms with van der Waals surface area (Å²) in [4.78, 5) is 17.3. The highest BCUT2D eigenvalue weighted by Crippen LogP contribution is 2.24. The lowest BCUT2D eigenvalue weighted by Crippen LogP contribution is -2.49. The first-order valence-electron chi connectivity index (χ1n) is 10.4. The third kappa shape index (κ3) is 4.60. The number of benzene rings is 3. The zero-order valence-electron chi connectivity index (χ0n) is 17.3. The van der Waals surface area contributed by atoms with E-state index in [4.69, 9.17) is 0 Å².